The maximum Gasteiger partial charge on any atom is 0.338 e. The van der Waals surface area contributed by atoms with Crippen LogP contribution in [0.15, 0.2) is 47.4 Å². The summed E-state index contributed by atoms with van der Waals surface area (Å²) >= 11 is 0. The van der Waals surface area contributed by atoms with E-state index in [0.717, 1.165) is 12.7 Å². The van der Waals surface area contributed by atoms with Crippen LogP contribution in [-0.2, 0) is 19.4 Å². The number of hydrogen-bond donors (Lipinski definition) is 1. The molecule has 148 valence electrons. The second-order valence-corrected chi connectivity index (χ2v) is 8.15. The molecule has 0 bridgehead atoms. The number of fused-ring (bicyclic) bond motifs is 1. The molecule has 0 saturated carbocycles. The van der Waals surface area contributed by atoms with Gasteiger partial charge in [0.15, 0.2) is 27.9 Å². The van der Waals surface area contributed by atoms with E-state index in [9.17, 15) is 18.0 Å². The van der Waals surface area contributed by atoms with Gasteiger partial charge < -0.3 is 19.5 Å². The Labute approximate surface area is 162 Å². The monoisotopic (exact) mass is 405 g/mol. The third-order valence-electron chi connectivity index (χ3n) is 3.88. The van der Waals surface area contributed by atoms with Crippen LogP contribution in [0.3, 0.4) is 0 Å². The molecule has 2 aromatic rings. The maximum absolute atomic E-state index is 12.0. The summed E-state index contributed by atoms with van der Waals surface area (Å²) in [6, 6.07) is 10.3. The minimum Gasteiger partial charge on any atom is -0.490 e. The third-order valence-corrected chi connectivity index (χ3v) is 5.01. The van der Waals surface area contributed by atoms with Gasteiger partial charge >= 0.3 is 5.97 Å². The van der Waals surface area contributed by atoms with E-state index in [1.807, 2.05) is 0 Å². The van der Waals surface area contributed by atoms with Crippen molar-refractivity contribution in [3.63, 3.8) is 0 Å². The van der Waals surface area contributed by atoms with Crippen molar-refractivity contribution in [3.05, 3.63) is 48.0 Å². The molecule has 2 aromatic carbocycles. The molecule has 9 heteroatoms. The van der Waals surface area contributed by atoms with Crippen LogP contribution in [0.2, 0.25) is 0 Å². The summed E-state index contributed by atoms with van der Waals surface area (Å²) in [5, 5.41) is 2.62. The summed E-state index contributed by atoms with van der Waals surface area (Å²) in [5.74, 6) is -0.0952. The summed E-state index contributed by atoms with van der Waals surface area (Å²) in [5.41, 5.74) is 0.638. The highest BCUT2D eigenvalue weighted by Gasteiger charge is 2.14. The van der Waals surface area contributed by atoms with Crippen molar-refractivity contribution in [2.75, 3.05) is 31.4 Å². The van der Waals surface area contributed by atoms with Gasteiger partial charge in [0.05, 0.1) is 23.7 Å². The van der Waals surface area contributed by atoms with Crippen LogP contribution in [0.1, 0.15) is 16.8 Å². The first-order valence-corrected chi connectivity index (χ1v) is 10.4. The second-order valence-electron chi connectivity index (χ2n) is 6.13. The number of anilines is 1. The van der Waals surface area contributed by atoms with Gasteiger partial charge in [-0.15, -0.1) is 0 Å². The molecule has 8 nitrogen and oxygen atoms in total. The number of carbonyl (C=O) groups excluding carboxylic acids is 2. The van der Waals surface area contributed by atoms with Crippen molar-refractivity contribution in [1.82, 2.24) is 0 Å². The first-order valence-electron chi connectivity index (χ1n) is 8.50. The fraction of sp³-hybridized carbons (Fsp3) is 0.263. The first-order chi connectivity index (χ1) is 13.3. The molecule has 1 aliphatic rings. The molecule has 0 fully saturated rings. The molecule has 1 N–H and O–H groups in total. The van der Waals surface area contributed by atoms with E-state index in [1.54, 1.807) is 18.2 Å². The van der Waals surface area contributed by atoms with Crippen molar-refractivity contribution in [2.45, 2.75) is 11.3 Å². The zero-order chi connectivity index (χ0) is 20.1. The Morgan fingerprint density at radius 3 is 2.39 bits per heavy atom. The summed E-state index contributed by atoms with van der Waals surface area (Å²) in [7, 11) is -3.35. The molecule has 1 aliphatic heterocycles. The molecule has 0 unspecified atom stereocenters. The molecule has 3 rings (SSSR count). The summed E-state index contributed by atoms with van der Waals surface area (Å²) in [6.07, 6.45) is 1.85. The molecule has 0 aliphatic carbocycles. The number of sulfone groups is 1. The first kappa shape index (κ1) is 19.7. The summed E-state index contributed by atoms with van der Waals surface area (Å²) in [4.78, 5) is 24.1. The van der Waals surface area contributed by atoms with Gasteiger partial charge in [0, 0.05) is 24.4 Å². The molecule has 0 radical (unpaired) electrons. The molecule has 1 heterocycles. The van der Waals surface area contributed by atoms with E-state index in [-0.39, 0.29) is 10.5 Å². The van der Waals surface area contributed by atoms with Crippen molar-refractivity contribution in [1.29, 1.82) is 0 Å². The highest BCUT2D eigenvalue weighted by Crippen LogP contribution is 2.32. The average Bonchev–Trinajstić information content (AvgIpc) is 2.90. The van der Waals surface area contributed by atoms with Gasteiger partial charge in [-0.1, -0.05) is 0 Å². The van der Waals surface area contributed by atoms with Gasteiger partial charge in [0.1, 0.15) is 0 Å². The lowest BCUT2D eigenvalue weighted by molar-refractivity contribution is -0.119. The van der Waals surface area contributed by atoms with Crippen molar-refractivity contribution in [2.24, 2.45) is 0 Å². The van der Waals surface area contributed by atoms with E-state index in [0.29, 0.717) is 30.4 Å². The number of hydrogen-bond acceptors (Lipinski definition) is 7. The van der Waals surface area contributed by atoms with Gasteiger partial charge in [0.25, 0.3) is 5.91 Å². The number of rotatable bonds is 5. The van der Waals surface area contributed by atoms with Gasteiger partial charge in [-0.05, 0) is 36.4 Å². The topological polar surface area (TPSA) is 108 Å². The van der Waals surface area contributed by atoms with Crippen molar-refractivity contribution >= 4 is 27.4 Å². The largest absolute Gasteiger partial charge is 0.490 e. The molecule has 0 spiro atoms. The van der Waals surface area contributed by atoms with Crippen LogP contribution in [0, 0.1) is 0 Å². The number of ether oxygens (including phenoxy) is 3. The zero-order valence-electron chi connectivity index (χ0n) is 15.1. The summed E-state index contributed by atoms with van der Waals surface area (Å²) < 4.78 is 38.9. The van der Waals surface area contributed by atoms with Crippen LogP contribution in [-0.4, -0.2) is 46.4 Å². The van der Waals surface area contributed by atoms with Gasteiger partial charge in [-0.25, -0.2) is 13.2 Å². The predicted octanol–water partition coefficient (Wildman–Crippen LogP) is 2.05. The Hall–Kier alpha value is -3.07. The van der Waals surface area contributed by atoms with E-state index >= 15 is 0 Å². The number of amides is 1. The Kier molecular flexibility index (Phi) is 5.84. The fourth-order valence-electron chi connectivity index (χ4n) is 2.49. The molecule has 28 heavy (non-hydrogen) atoms. The van der Waals surface area contributed by atoms with E-state index in [1.165, 1.54) is 24.3 Å². The number of esters is 1. The molecular formula is C19H19NO7S. The Morgan fingerprint density at radius 2 is 1.71 bits per heavy atom. The van der Waals surface area contributed by atoms with Crippen molar-refractivity contribution < 1.29 is 32.2 Å². The molecule has 0 saturated heterocycles. The van der Waals surface area contributed by atoms with Crippen LogP contribution in [0.4, 0.5) is 5.69 Å². The number of carbonyl (C=O) groups is 2. The van der Waals surface area contributed by atoms with E-state index in [4.69, 9.17) is 14.2 Å². The maximum atomic E-state index is 12.0. The Bertz CT molecular complexity index is 984. The lowest BCUT2D eigenvalue weighted by Gasteiger charge is -2.10. The van der Waals surface area contributed by atoms with Gasteiger partial charge in [0.2, 0.25) is 0 Å². The molecule has 0 aromatic heterocycles. The lowest BCUT2D eigenvalue weighted by atomic mass is 10.2. The van der Waals surface area contributed by atoms with Crippen LogP contribution >= 0.6 is 0 Å². The highest BCUT2D eigenvalue weighted by atomic mass is 32.2. The average molecular weight is 405 g/mol. The quantitative estimate of drug-likeness (QED) is 0.759. The molecule has 1 amide bonds. The van der Waals surface area contributed by atoms with Gasteiger partial charge in [-0.3, -0.25) is 4.79 Å². The molecule has 0 atom stereocenters. The zero-order valence-corrected chi connectivity index (χ0v) is 16.0. The Balaban J connectivity index is 1.55. The van der Waals surface area contributed by atoms with Crippen LogP contribution in [0.25, 0.3) is 0 Å². The minimum atomic E-state index is -3.35. The third kappa shape index (κ3) is 5.01. The molecular weight excluding hydrogens is 386 g/mol. The standard InChI is InChI=1S/C19H19NO7S/c1-28(23,24)15-6-3-13(4-7-15)19(22)27-12-18(21)20-14-5-8-16-17(11-14)26-10-2-9-25-16/h3-8,11H,2,9-10,12H2,1H3,(H,20,21). The van der Waals surface area contributed by atoms with Crippen LogP contribution in [0.5, 0.6) is 11.5 Å². The van der Waals surface area contributed by atoms with Crippen molar-refractivity contribution in [3.8, 4) is 11.5 Å². The SMILES string of the molecule is CS(=O)(=O)c1ccc(C(=O)OCC(=O)Nc2ccc3c(c2)OCCCO3)cc1. The smallest absolute Gasteiger partial charge is 0.338 e. The van der Waals surface area contributed by atoms with E-state index < -0.39 is 28.3 Å². The predicted molar refractivity (Wildman–Crippen MR) is 101 cm³/mol. The van der Waals surface area contributed by atoms with Gasteiger partial charge in [-0.2, -0.15) is 0 Å². The normalized spacial score (nSPS) is 13.3. The summed E-state index contributed by atoms with van der Waals surface area (Å²) in [6.45, 7) is 0.612. The highest BCUT2D eigenvalue weighted by molar-refractivity contribution is 7.90. The second kappa shape index (κ2) is 8.30. The Morgan fingerprint density at radius 1 is 1.04 bits per heavy atom. The van der Waals surface area contributed by atoms with E-state index in [2.05, 4.69) is 5.32 Å². The fourth-order valence-corrected chi connectivity index (χ4v) is 3.12. The number of benzene rings is 2. The van der Waals surface area contributed by atoms with Crippen LogP contribution < -0.4 is 14.8 Å². The lowest BCUT2D eigenvalue weighted by Crippen LogP contribution is -2.21. The number of nitrogens with one attached hydrogen (secondary N) is 1. The minimum absolute atomic E-state index is 0.0937.